The molecule has 1 aromatic carbocycles. The lowest BCUT2D eigenvalue weighted by Gasteiger charge is -2.23. The van der Waals surface area contributed by atoms with Crippen molar-refractivity contribution in [3.8, 4) is 11.4 Å². The second-order valence-electron chi connectivity index (χ2n) is 5.49. The summed E-state index contributed by atoms with van der Waals surface area (Å²) in [5.41, 5.74) is 3.29. The molecule has 0 saturated heterocycles. The summed E-state index contributed by atoms with van der Waals surface area (Å²) in [4.78, 5) is 9.20. The number of hydrogen-bond donors (Lipinski definition) is 1. The van der Waals surface area contributed by atoms with Crippen molar-refractivity contribution in [3.05, 3.63) is 45.7 Å². The van der Waals surface area contributed by atoms with E-state index in [1.165, 1.54) is 12.0 Å². The van der Waals surface area contributed by atoms with Gasteiger partial charge in [0.25, 0.3) is 0 Å². The Hall–Kier alpha value is -1.16. The number of hydrogen-bond acceptors (Lipinski definition) is 3. The number of rotatable bonds is 3. The highest BCUT2D eigenvalue weighted by Crippen LogP contribution is 2.28. The molecule has 1 aliphatic rings. The summed E-state index contributed by atoms with van der Waals surface area (Å²) in [6.45, 7) is 1.05. The summed E-state index contributed by atoms with van der Waals surface area (Å²) in [6.07, 6.45) is 5.17. The second kappa shape index (κ2) is 6.30. The van der Waals surface area contributed by atoms with Gasteiger partial charge in [0.2, 0.25) is 0 Å². The topological polar surface area (TPSA) is 37.8 Å². The molecule has 0 bridgehead atoms. The summed E-state index contributed by atoms with van der Waals surface area (Å²) in [7, 11) is 2.00. The molecule has 110 valence electrons. The third kappa shape index (κ3) is 3.37. The van der Waals surface area contributed by atoms with Gasteiger partial charge in [0.15, 0.2) is 5.82 Å². The van der Waals surface area contributed by atoms with E-state index in [1.54, 1.807) is 6.07 Å². The van der Waals surface area contributed by atoms with Crippen molar-refractivity contribution in [1.29, 1.82) is 0 Å². The molecule has 1 aromatic heterocycles. The SMILES string of the molecule is CNCC1CCc2nc(-c3cc(Cl)cc(Cl)c3)ncc2C1. The minimum atomic E-state index is 0.605. The van der Waals surface area contributed by atoms with Crippen LogP contribution in [-0.2, 0) is 12.8 Å². The van der Waals surface area contributed by atoms with Gasteiger partial charge < -0.3 is 5.32 Å². The maximum absolute atomic E-state index is 6.05. The molecule has 1 unspecified atom stereocenters. The predicted octanol–water partition coefficient (Wildman–Crippen LogP) is 3.77. The minimum Gasteiger partial charge on any atom is -0.319 e. The number of benzene rings is 1. The van der Waals surface area contributed by atoms with Gasteiger partial charge in [0.05, 0.1) is 0 Å². The molecular weight excluding hydrogens is 305 g/mol. The van der Waals surface area contributed by atoms with E-state index in [1.807, 2.05) is 25.4 Å². The average Bonchev–Trinajstić information content (AvgIpc) is 2.46. The Morgan fingerprint density at radius 3 is 2.71 bits per heavy atom. The van der Waals surface area contributed by atoms with E-state index >= 15 is 0 Å². The largest absolute Gasteiger partial charge is 0.319 e. The normalized spacial score (nSPS) is 17.6. The molecule has 0 saturated carbocycles. The Labute approximate surface area is 134 Å². The predicted molar refractivity (Wildman–Crippen MR) is 86.9 cm³/mol. The lowest BCUT2D eigenvalue weighted by atomic mass is 9.87. The molecule has 21 heavy (non-hydrogen) atoms. The Kier molecular flexibility index (Phi) is 4.43. The van der Waals surface area contributed by atoms with E-state index in [9.17, 15) is 0 Å². The zero-order valence-electron chi connectivity index (χ0n) is 11.9. The van der Waals surface area contributed by atoms with Crippen molar-refractivity contribution in [1.82, 2.24) is 15.3 Å². The summed E-state index contributed by atoms with van der Waals surface area (Å²) >= 11 is 12.1. The standard InChI is InChI=1S/C16H17Cl2N3/c1-19-8-10-2-3-15-12(4-10)9-20-16(21-15)11-5-13(17)7-14(18)6-11/h5-7,9-10,19H,2-4,8H2,1H3. The lowest BCUT2D eigenvalue weighted by Crippen LogP contribution is -2.25. The highest BCUT2D eigenvalue weighted by atomic mass is 35.5. The summed E-state index contributed by atoms with van der Waals surface area (Å²) in [5, 5.41) is 4.46. The first-order valence-electron chi connectivity index (χ1n) is 7.11. The van der Waals surface area contributed by atoms with Gasteiger partial charge in [-0.15, -0.1) is 0 Å². The number of fused-ring (bicyclic) bond motifs is 1. The van der Waals surface area contributed by atoms with E-state index in [0.29, 0.717) is 21.8 Å². The highest BCUT2D eigenvalue weighted by molar-refractivity contribution is 6.35. The smallest absolute Gasteiger partial charge is 0.159 e. The van der Waals surface area contributed by atoms with Gasteiger partial charge in [-0.25, -0.2) is 9.97 Å². The van der Waals surface area contributed by atoms with Crippen molar-refractivity contribution in [2.24, 2.45) is 5.92 Å². The molecule has 3 nitrogen and oxygen atoms in total. The van der Waals surface area contributed by atoms with Crippen LogP contribution < -0.4 is 5.32 Å². The molecule has 0 aliphatic heterocycles. The van der Waals surface area contributed by atoms with Crippen molar-refractivity contribution in [2.45, 2.75) is 19.3 Å². The Balaban J connectivity index is 1.90. The van der Waals surface area contributed by atoms with Crippen molar-refractivity contribution in [2.75, 3.05) is 13.6 Å². The highest BCUT2D eigenvalue weighted by Gasteiger charge is 2.20. The molecule has 1 atom stereocenters. The fourth-order valence-corrected chi connectivity index (χ4v) is 3.39. The second-order valence-corrected chi connectivity index (χ2v) is 6.36. The third-order valence-corrected chi connectivity index (χ3v) is 4.30. The molecule has 1 heterocycles. The van der Waals surface area contributed by atoms with Crippen molar-refractivity contribution in [3.63, 3.8) is 0 Å². The first-order chi connectivity index (χ1) is 10.2. The molecule has 1 N–H and O–H groups in total. The van der Waals surface area contributed by atoms with Crippen LogP contribution in [0.4, 0.5) is 0 Å². The molecule has 0 radical (unpaired) electrons. The first-order valence-corrected chi connectivity index (χ1v) is 7.87. The summed E-state index contributed by atoms with van der Waals surface area (Å²) in [5.74, 6) is 1.38. The molecule has 0 spiro atoms. The van der Waals surface area contributed by atoms with Crippen LogP contribution in [0.3, 0.4) is 0 Å². The first kappa shape index (κ1) is 14.8. The van der Waals surface area contributed by atoms with Gasteiger partial charge in [-0.1, -0.05) is 23.2 Å². The Morgan fingerprint density at radius 2 is 2.00 bits per heavy atom. The van der Waals surface area contributed by atoms with Gasteiger partial charge in [0, 0.05) is 27.5 Å². The van der Waals surface area contributed by atoms with Crippen LogP contribution in [0, 0.1) is 5.92 Å². The molecular formula is C16H17Cl2N3. The van der Waals surface area contributed by atoms with Crippen LogP contribution in [0.2, 0.25) is 10.0 Å². The van der Waals surface area contributed by atoms with E-state index in [2.05, 4.69) is 10.3 Å². The Bertz CT molecular complexity index is 638. The van der Waals surface area contributed by atoms with E-state index in [-0.39, 0.29) is 0 Å². The Morgan fingerprint density at radius 1 is 1.24 bits per heavy atom. The molecule has 5 heteroatoms. The fourth-order valence-electron chi connectivity index (χ4n) is 2.87. The maximum atomic E-state index is 6.05. The number of nitrogens with zero attached hydrogens (tertiary/aromatic N) is 2. The van der Waals surface area contributed by atoms with Crippen LogP contribution in [0.15, 0.2) is 24.4 Å². The number of aromatic nitrogens is 2. The molecule has 0 fully saturated rings. The zero-order valence-corrected chi connectivity index (χ0v) is 13.4. The number of nitrogens with one attached hydrogen (secondary N) is 1. The number of halogens is 2. The lowest BCUT2D eigenvalue weighted by molar-refractivity contribution is 0.434. The molecule has 3 rings (SSSR count). The van der Waals surface area contributed by atoms with E-state index in [0.717, 1.165) is 30.6 Å². The summed E-state index contributed by atoms with van der Waals surface area (Å²) in [6, 6.07) is 5.41. The van der Waals surface area contributed by atoms with Gasteiger partial charge in [-0.2, -0.15) is 0 Å². The van der Waals surface area contributed by atoms with Gasteiger partial charge in [-0.05, 0) is 62.5 Å². The molecule has 1 aliphatic carbocycles. The molecule has 0 amide bonds. The van der Waals surface area contributed by atoms with Crippen LogP contribution in [0.5, 0.6) is 0 Å². The fraction of sp³-hybridized carbons (Fsp3) is 0.375. The quantitative estimate of drug-likeness (QED) is 0.935. The third-order valence-electron chi connectivity index (χ3n) is 3.87. The van der Waals surface area contributed by atoms with E-state index in [4.69, 9.17) is 28.2 Å². The van der Waals surface area contributed by atoms with Crippen LogP contribution in [0.1, 0.15) is 17.7 Å². The zero-order chi connectivity index (χ0) is 14.8. The minimum absolute atomic E-state index is 0.605. The number of aryl methyl sites for hydroxylation is 1. The van der Waals surface area contributed by atoms with Crippen LogP contribution >= 0.6 is 23.2 Å². The molecule has 2 aromatic rings. The maximum Gasteiger partial charge on any atom is 0.159 e. The average molecular weight is 322 g/mol. The van der Waals surface area contributed by atoms with Gasteiger partial charge >= 0.3 is 0 Å². The van der Waals surface area contributed by atoms with Crippen LogP contribution in [0.25, 0.3) is 11.4 Å². The summed E-state index contributed by atoms with van der Waals surface area (Å²) < 4.78 is 0. The van der Waals surface area contributed by atoms with Crippen LogP contribution in [-0.4, -0.2) is 23.6 Å². The monoisotopic (exact) mass is 321 g/mol. The van der Waals surface area contributed by atoms with E-state index < -0.39 is 0 Å². The van der Waals surface area contributed by atoms with Gasteiger partial charge in [-0.3, -0.25) is 0 Å². The van der Waals surface area contributed by atoms with Crippen molar-refractivity contribution < 1.29 is 0 Å². The van der Waals surface area contributed by atoms with Gasteiger partial charge in [0.1, 0.15) is 0 Å². The van der Waals surface area contributed by atoms with Crippen molar-refractivity contribution >= 4 is 23.2 Å².